The molecule has 18 heavy (non-hydrogen) atoms. The van der Waals surface area contributed by atoms with Gasteiger partial charge < -0.3 is 10.4 Å². The Kier molecular flexibility index (Phi) is 3.84. The summed E-state index contributed by atoms with van der Waals surface area (Å²) in [5, 5.41) is 11.9. The van der Waals surface area contributed by atoms with Crippen molar-refractivity contribution in [2.75, 3.05) is 5.32 Å². The largest absolute Gasteiger partial charge is 0.477 e. The average Bonchev–Trinajstić information content (AvgIpc) is 2.77. The number of thiophene rings is 1. The lowest BCUT2D eigenvalue weighted by Gasteiger charge is -2.07. The van der Waals surface area contributed by atoms with Gasteiger partial charge in [-0.1, -0.05) is 17.7 Å². The van der Waals surface area contributed by atoms with Crippen molar-refractivity contribution in [1.29, 1.82) is 0 Å². The fraction of sp³-hybridized carbons (Fsp3) is 0.0833. The van der Waals surface area contributed by atoms with E-state index in [0.29, 0.717) is 11.6 Å². The minimum absolute atomic E-state index is 0.226. The van der Waals surface area contributed by atoms with Gasteiger partial charge in [0.2, 0.25) is 0 Å². The lowest BCUT2D eigenvalue weighted by atomic mass is 10.3. The van der Waals surface area contributed by atoms with Gasteiger partial charge in [0.25, 0.3) is 0 Å². The number of nitrogens with one attached hydrogen (secondary N) is 1. The quantitative estimate of drug-likeness (QED) is 0.897. The molecule has 94 valence electrons. The summed E-state index contributed by atoms with van der Waals surface area (Å²) in [7, 11) is 0. The molecule has 0 fully saturated rings. The lowest BCUT2D eigenvalue weighted by Crippen LogP contribution is -2.00. The van der Waals surface area contributed by atoms with Gasteiger partial charge in [-0.25, -0.2) is 9.18 Å². The van der Waals surface area contributed by atoms with Crippen molar-refractivity contribution in [1.82, 2.24) is 0 Å². The second kappa shape index (κ2) is 5.37. The molecule has 2 aromatic rings. The smallest absolute Gasteiger partial charge is 0.345 e. The number of carboxylic acids is 1. The van der Waals surface area contributed by atoms with Gasteiger partial charge in [0.15, 0.2) is 0 Å². The van der Waals surface area contributed by atoms with E-state index in [2.05, 4.69) is 5.32 Å². The van der Waals surface area contributed by atoms with Gasteiger partial charge >= 0.3 is 5.97 Å². The van der Waals surface area contributed by atoms with Gasteiger partial charge in [0.05, 0.1) is 10.7 Å². The molecule has 0 spiro atoms. The maximum absolute atomic E-state index is 13.4. The van der Waals surface area contributed by atoms with Crippen LogP contribution in [-0.4, -0.2) is 11.1 Å². The van der Waals surface area contributed by atoms with Crippen molar-refractivity contribution in [3.8, 4) is 0 Å². The first-order chi connectivity index (χ1) is 8.58. The van der Waals surface area contributed by atoms with Crippen LogP contribution in [0.1, 0.15) is 14.5 Å². The number of halogens is 2. The van der Waals surface area contributed by atoms with Crippen molar-refractivity contribution in [3.63, 3.8) is 0 Å². The van der Waals surface area contributed by atoms with E-state index in [1.54, 1.807) is 12.1 Å². The van der Waals surface area contributed by atoms with E-state index >= 15 is 0 Å². The SMILES string of the molecule is O=C(O)c1ccc(CNc2c(F)cccc2Cl)s1. The Morgan fingerprint density at radius 2 is 2.17 bits per heavy atom. The van der Waals surface area contributed by atoms with Crippen molar-refractivity contribution >= 4 is 34.6 Å². The molecule has 1 aromatic carbocycles. The van der Waals surface area contributed by atoms with Crippen LogP contribution in [0.5, 0.6) is 0 Å². The Morgan fingerprint density at radius 1 is 1.39 bits per heavy atom. The van der Waals surface area contributed by atoms with Gasteiger partial charge in [-0.3, -0.25) is 0 Å². The van der Waals surface area contributed by atoms with E-state index in [-0.39, 0.29) is 10.6 Å². The van der Waals surface area contributed by atoms with E-state index < -0.39 is 11.8 Å². The number of benzene rings is 1. The summed E-state index contributed by atoms with van der Waals surface area (Å²) in [6.45, 7) is 0.332. The second-order valence-electron chi connectivity index (χ2n) is 3.52. The summed E-state index contributed by atoms with van der Waals surface area (Å²) in [4.78, 5) is 11.8. The number of aromatic carboxylic acids is 1. The average molecular weight is 286 g/mol. The highest BCUT2D eigenvalue weighted by Gasteiger charge is 2.09. The number of rotatable bonds is 4. The zero-order chi connectivity index (χ0) is 13.1. The van der Waals surface area contributed by atoms with Crippen LogP contribution in [0.25, 0.3) is 0 Å². The topological polar surface area (TPSA) is 49.3 Å². The monoisotopic (exact) mass is 285 g/mol. The summed E-state index contributed by atoms with van der Waals surface area (Å²) in [5.41, 5.74) is 0.226. The first kappa shape index (κ1) is 12.9. The van der Waals surface area contributed by atoms with Crippen LogP contribution in [0.15, 0.2) is 30.3 Å². The van der Waals surface area contributed by atoms with Gasteiger partial charge in [0, 0.05) is 11.4 Å². The first-order valence-corrected chi connectivity index (χ1v) is 6.27. The molecule has 0 aliphatic rings. The molecule has 0 aliphatic heterocycles. The fourth-order valence-electron chi connectivity index (χ4n) is 1.43. The van der Waals surface area contributed by atoms with Crippen LogP contribution in [0, 0.1) is 5.82 Å². The molecule has 6 heteroatoms. The highest BCUT2D eigenvalue weighted by atomic mass is 35.5. The number of para-hydroxylation sites is 1. The number of anilines is 1. The van der Waals surface area contributed by atoms with Gasteiger partial charge in [0.1, 0.15) is 10.7 Å². The molecule has 0 amide bonds. The molecule has 0 atom stereocenters. The molecule has 1 aromatic heterocycles. The molecule has 0 aliphatic carbocycles. The maximum atomic E-state index is 13.4. The number of hydrogen-bond acceptors (Lipinski definition) is 3. The first-order valence-electron chi connectivity index (χ1n) is 5.08. The molecule has 0 bridgehead atoms. The second-order valence-corrected chi connectivity index (χ2v) is 5.10. The van der Waals surface area contributed by atoms with E-state index in [1.807, 2.05) is 0 Å². The van der Waals surface area contributed by atoms with Crippen LogP contribution >= 0.6 is 22.9 Å². The standard InChI is InChI=1S/C12H9ClFNO2S/c13-8-2-1-3-9(14)11(8)15-6-7-4-5-10(18-7)12(16)17/h1-5,15H,6H2,(H,16,17). The fourth-order valence-corrected chi connectivity index (χ4v) is 2.45. The zero-order valence-corrected chi connectivity index (χ0v) is 10.7. The minimum Gasteiger partial charge on any atom is -0.477 e. The van der Waals surface area contributed by atoms with Crippen molar-refractivity contribution < 1.29 is 14.3 Å². The maximum Gasteiger partial charge on any atom is 0.345 e. The third-order valence-electron chi connectivity index (χ3n) is 2.27. The van der Waals surface area contributed by atoms with Gasteiger partial charge in [-0.2, -0.15) is 0 Å². The molecular formula is C12H9ClFNO2S. The summed E-state index contributed by atoms with van der Waals surface area (Å²) < 4.78 is 13.4. The zero-order valence-electron chi connectivity index (χ0n) is 9.11. The van der Waals surface area contributed by atoms with E-state index in [0.717, 1.165) is 16.2 Å². The molecule has 1 heterocycles. The highest BCUT2D eigenvalue weighted by molar-refractivity contribution is 7.13. The lowest BCUT2D eigenvalue weighted by molar-refractivity contribution is 0.0702. The Hall–Kier alpha value is -1.59. The number of carboxylic acid groups (broad SMARTS) is 1. The molecule has 0 saturated heterocycles. The molecule has 0 radical (unpaired) electrons. The third-order valence-corrected chi connectivity index (χ3v) is 3.66. The molecule has 0 saturated carbocycles. The van der Waals surface area contributed by atoms with E-state index in [9.17, 15) is 9.18 Å². The van der Waals surface area contributed by atoms with E-state index in [1.165, 1.54) is 18.2 Å². The minimum atomic E-state index is -0.963. The normalized spacial score (nSPS) is 10.3. The van der Waals surface area contributed by atoms with Crippen LogP contribution in [-0.2, 0) is 6.54 Å². The van der Waals surface area contributed by atoms with E-state index in [4.69, 9.17) is 16.7 Å². The Balaban J connectivity index is 2.09. The highest BCUT2D eigenvalue weighted by Crippen LogP contribution is 2.26. The third kappa shape index (κ3) is 2.80. The van der Waals surface area contributed by atoms with Crippen LogP contribution < -0.4 is 5.32 Å². The predicted molar refractivity (Wildman–Crippen MR) is 70.0 cm³/mol. The molecule has 3 nitrogen and oxygen atoms in total. The van der Waals surface area contributed by atoms with Crippen LogP contribution in [0.2, 0.25) is 5.02 Å². The summed E-state index contributed by atoms with van der Waals surface area (Å²) in [6, 6.07) is 7.63. The van der Waals surface area contributed by atoms with Crippen LogP contribution in [0.3, 0.4) is 0 Å². The Labute approximate surface area is 112 Å². The summed E-state index contributed by atoms with van der Waals surface area (Å²) in [6.07, 6.45) is 0. The molecule has 2 N–H and O–H groups in total. The molecule has 2 rings (SSSR count). The van der Waals surface area contributed by atoms with Crippen LogP contribution in [0.4, 0.5) is 10.1 Å². The Morgan fingerprint density at radius 3 is 2.78 bits per heavy atom. The predicted octanol–water partition coefficient (Wildman–Crippen LogP) is 3.85. The van der Waals surface area contributed by atoms with Gasteiger partial charge in [-0.15, -0.1) is 11.3 Å². The van der Waals surface area contributed by atoms with Gasteiger partial charge in [-0.05, 0) is 24.3 Å². The molecular weight excluding hydrogens is 277 g/mol. The molecule has 0 unspecified atom stereocenters. The summed E-state index contributed by atoms with van der Waals surface area (Å²) in [5.74, 6) is -1.40. The van der Waals surface area contributed by atoms with Crippen molar-refractivity contribution in [2.45, 2.75) is 6.54 Å². The van der Waals surface area contributed by atoms with Crippen molar-refractivity contribution in [3.05, 3.63) is 50.9 Å². The van der Waals surface area contributed by atoms with Crippen molar-refractivity contribution in [2.24, 2.45) is 0 Å². The number of hydrogen-bond donors (Lipinski definition) is 2. The number of carbonyl (C=O) groups is 1. The Bertz CT molecular complexity index is 565. The summed E-state index contributed by atoms with van der Waals surface area (Å²) >= 11 is 7.00.